The lowest BCUT2D eigenvalue weighted by Crippen LogP contribution is -2.58. The Morgan fingerprint density at radius 2 is 1.85 bits per heavy atom. The van der Waals surface area contributed by atoms with E-state index in [2.05, 4.69) is 15.4 Å². The van der Waals surface area contributed by atoms with E-state index in [9.17, 15) is 27.6 Å². The molecule has 322 valence electrons. The van der Waals surface area contributed by atoms with Gasteiger partial charge in [-0.2, -0.15) is 0 Å². The molecule has 16 nitrogen and oxygen atoms in total. The molecular formula is C43H53N5O11S. The number of alkyl carbamates (subject to hydrolysis) is 1. The molecule has 2 unspecified atom stereocenters. The van der Waals surface area contributed by atoms with Crippen LogP contribution < -0.4 is 29.6 Å². The lowest BCUT2D eigenvalue weighted by molar-refractivity contribution is -0.141. The number of aromatic nitrogens is 1. The topological polar surface area (TPSA) is 201 Å². The van der Waals surface area contributed by atoms with Crippen LogP contribution >= 0.6 is 0 Å². The number of nitrogens with zero attached hydrogens (tertiary/aromatic N) is 2. The Kier molecular flexibility index (Phi) is 11.0. The first kappa shape index (κ1) is 41.4. The van der Waals surface area contributed by atoms with Crippen molar-refractivity contribution in [2.75, 3.05) is 20.8 Å². The van der Waals surface area contributed by atoms with Gasteiger partial charge in [-0.05, 0) is 83.6 Å². The molecule has 0 bridgehead atoms. The monoisotopic (exact) mass is 847 g/mol. The number of hydrogen-bond acceptors (Lipinski definition) is 12. The minimum Gasteiger partial charge on any atom is -0.497 e. The van der Waals surface area contributed by atoms with Gasteiger partial charge in [0.05, 0.1) is 43.1 Å². The number of rotatable bonds is 8. The van der Waals surface area contributed by atoms with Crippen molar-refractivity contribution >= 4 is 44.7 Å². The van der Waals surface area contributed by atoms with Crippen molar-refractivity contribution in [3.8, 4) is 17.2 Å². The summed E-state index contributed by atoms with van der Waals surface area (Å²) in [7, 11) is -0.774. The number of ether oxygens (including phenoxy) is 5. The van der Waals surface area contributed by atoms with E-state index in [-0.39, 0.29) is 31.7 Å². The highest BCUT2D eigenvalue weighted by atomic mass is 32.2. The minimum absolute atomic E-state index is 0.00450. The second kappa shape index (κ2) is 15.9. The summed E-state index contributed by atoms with van der Waals surface area (Å²) in [6.45, 7) is 5.12. The van der Waals surface area contributed by atoms with Crippen molar-refractivity contribution in [1.29, 1.82) is 0 Å². The second-order valence-electron chi connectivity index (χ2n) is 17.5. The predicted molar refractivity (Wildman–Crippen MR) is 219 cm³/mol. The number of methoxy groups -OCH3 is 2. The number of benzene rings is 1. The zero-order valence-electron chi connectivity index (χ0n) is 34.5. The molecule has 4 amide bonds. The summed E-state index contributed by atoms with van der Waals surface area (Å²) in [5, 5.41) is 5.65. The van der Waals surface area contributed by atoms with E-state index in [1.165, 1.54) is 4.90 Å². The third-order valence-electron chi connectivity index (χ3n) is 11.9. The number of nitrogens with one attached hydrogen (secondary N) is 3. The number of fused-ring (bicyclic) bond motifs is 6. The lowest BCUT2D eigenvalue weighted by atomic mass is 9.94. The van der Waals surface area contributed by atoms with E-state index in [4.69, 9.17) is 28.7 Å². The highest BCUT2D eigenvalue weighted by Gasteiger charge is 2.62. The quantitative estimate of drug-likeness (QED) is 0.316. The van der Waals surface area contributed by atoms with Gasteiger partial charge in [0, 0.05) is 23.8 Å². The van der Waals surface area contributed by atoms with Crippen LogP contribution in [0.1, 0.15) is 90.2 Å². The van der Waals surface area contributed by atoms with Crippen LogP contribution in [0, 0.1) is 5.92 Å². The Labute approximate surface area is 349 Å². The van der Waals surface area contributed by atoms with Crippen molar-refractivity contribution in [1.82, 2.24) is 25.2 Å². The maximum atomic E-state index is 14.8. The molecule has 7 atom stereocenters. The Morgan fingerprint density at radius 3 is 2.58 bits per heavy atom. The van der Waals surface area contributed by atoms with E-state index < -0.39 is 80.4 Å². The molecule has 3 aliphatic heterocycles. The smallest absolute Gasteiger partial charge is 0.408 e. The molecule has 1 aromatic heterocycles. The largest absolute Gasteiger partial charge is 0.497 e. The molecule has 60 heavy (non-hydrogen) atoms. The normalized spacial score (nSPS) is 29.5. The standard InChI is InChI=1S/C43H53N5O11S/c1-42(2,3)59-41(52)45-31-12-10-8-6-7-9-11-24-22-43(24,40(51)47-60(53,54)28-15-16-28)46-38(49)33-20-27(23-48(33)39(31)50)57-36-29-17-13-25(55-4)19-32(29)44-35-30-18-14-26(56-5)21-34(30)58-37(35)36/h9,11,13-14,17-19,21,24,27-28,30-31,33-34H,6-8,10,12,15-16,20,22-23H2,1-5H3,(H,45,52)(H,46,49)(H,47,51)/b11-9-/t24-,27-,30?,31+,33+,34?,43-/m1/s1. The molecule has 8 rings (SSSR count). The number of carbonyl (C=O) groups excluding carboxylic acids is 4. The van der Waals surface area contributed by atoms with Gasteiger partial charge in [-0.25, -0.2) is 18.2 Å². The molecule has 1 saturated heterocycles. The molecule has 4 heterocycles. The van der Waals surface area contributed by atoms with Crippen LogP contribution in [0.3, 0.4) is 0 Å². The van der Waals surface area contributed by atoms with Crippen LogP contribution in [-0.2, 0) is 33.9 Å². The van der Waals surface area contributed by atoms with Gasteiger partial charge in [0.2, 0.25) is 21.8 Å². The van der Waals surface area contributed by atoms with E-state index in [0.717, 1.165) is 12.8 Å². The second-order valence-corrected chi connectivity index (χ2v) is 19.4. The molecule has 2 aromatic rings. The fraction of sp³-hybridized carbons (Fsp3) is 0.558. The average molecular weight is 848 g/mol. The van der Waals surface area contributed by atoms with Gasteiger partial charge in [0.1, 0.15) is 46.9 Å². The van der Waals surface area contributed by atoms with Gasteiger partial charge in [0.25, 0.3) is 5.91 Å². The van der Waals surface area contributed by atoms with Crippen LogP contribution in [0.15, 0.2) is 54.3 Å². The summed E-state index contributed by atoms with van der Waals surface area (Å²) in [5.74, 6) is -0.622. The number of sulfonamides is 1. The van der Waals surface area contributed by atoms with Gasteiger partial charge in [0.15, 0.2) is 11.5 Å². The minimum atomic E-state index is -3.92. The molecule has 0 spiro atoms. The molecular weight excluding hydrogens is 795 g/mol. The third-order valence-corrected chi connectivity index (χ3v) is 13.7. The molecule has 3 N–H and O–H groups in total. The molecule has 1 aromatic carbocycles. The molecule has 6 aliphatic rings. The summed E-state index contributed by atoms with van der Waals surface area (Å²) in [6, 6.07) is 3.20. The zero-order chi connectivity index (χ0) is 42.6. The van der Waals surface area contributed by atoms with Crippen molar-refractivity contribution < 1.29 is 51.3 Å². The number of hydrogen-bond donors (Lipinski definition) is 3. The van der Waals surface area contributed by atoms with Crippen LogP contribution in [0.25, 0.3) is 10.9 Å². The molecule has 0 radical (unpaired) electrons. The van der Waals surface area contributed by atoms with E-state index in [1.807, 2.05) is 36.4 Å². The maximum Gasteiger partial charge on any atom is 0.408 e. The van der Waals surface area contributed by atoms with Crippen molar-refractivity contribution in [3.05, 3.63) is 60.0 Å². The molecule has 3 aliphatic carbocycles. The van der Waals surface area contributed by atoms with Crippen LogP contribution in [0.5, 0.6) is 17.2 Å². The van der Waals surface area contributed by atoms with Crippen LogP contribution in [0.2, 0.25) is 0 Å². The molecule has 17 heteroatoms. The predicted octanol–water partition coefficient (Wildman–Crippen LogP) is 4.43. The SMILES string of the molecule is COC1=CC2Oc3c(nc4cc(OC)ccc4c3O[C@@H]3C[C@H]4C(=O)N[C@]5(C(=O)NS(=O)(=O)C6CC6)C[C@H]5/C=C\CCCCC[C@H](NC(=O)OC(C)(C)C)C(=O)N4C3)C2C=C1. The number of allylic oxidation sites excluding steroid dienone is 2. The van der Waals surface area contributed by atoms with Crippen molar-refractivity contribution in [2.24, 2.45) is 5.92 Å². The Bertz CT molecular complexity index is 2280. The van der Waals surface area contributed by atoms with Gasteiger partial charge < -0.3 is 39.2 Å². The summed E-state index contributed by atoms with van der Waals surface area (Å²) >= 11 is 0. The van der Waals surface area contributed by atoms with Crippen LogP contribution in [0.4, 0.5) is 4.79 Å². The highest BCUT2D eigenvalue weighted by molar-refractivity contribution is 7.91. The summed E-state index contributed by atoms with van der Waals surface area (Å²) in [6.07, 6.45) is 11.8. The van der Waals surface area contributed by atoms with Gasteiger partial charge in [-0.15, -0.1) is 0 Å². The first-order valence-electron chi connectivity index (χ1n) is 20.7. The van der Waals surface area contributed by atoms with Gasteiger partial charge in [-0.3, -0.25) is 19.1 Å². The Hall–Kier alpha value is -5.32. The van der Waals surface area contributed by atoms with E-state index in [1.54, 1.807) is 47.1 Å². The number of carbonyl (C=O) groups is 4. The zero-order valence-corrected chi connectivity index (χ0v) is 35.3. The average Bonchev–Trinajstić information content (AvgIpc) is 4.10. The summed E-state index contributed by atoms with van der Waals surface area (Å²) in [4.78, 5) is 62.8. The molecule has 2 saturated carbocycles. The maximum absolute atomic E-state index is 14.8. The fourth-order valence-corrected chi connectivity index (χ4v) is 9.88. The highest BCUT2D eigenvalue weighted by Crippen LogP contribution is 2.50. The lowest BCUT2D eigenvalue weighted by Gasteiger charge is -2.30. The van der Waals surface area contributed by atoms with Gasteiger partial charge in [-0.1, -0.05) is 31.1 Å². The van der Waals surface area contributed by atoms with E-state index in [0.29, 0.717) is 65.3 Å². The first-order valence-corrected chi connectivity index (χ1v) is 22.3. The number of pyridine rings is 1. The summed E-state index contributed by atoms with van der Waals surface area (Å²) < 4.78 is 58.1. The Balaban J connectivity index is 1.14. The van der Waals surface area contributed by atoms with Crippen molar-refractivity contribution in [3.63, 3.8) is 0 Å². The summed E-state index contributed by atoms with van der Waals surface area (Å²) in [5.41, 5.74) is -1.13. The first-order chi connectivity index (χ1) is 28.6. The van der Waals surface area contributed by atoms with Crippen molar-refractivity contribution in [2.45, 2.75) is 125 Å². The van der Waals surface area contributed by atoms with E-state index >= 15 is 0 Å². The number of amides is 4. The fourth-order valence-electron chi connectivity index (χ4n) is 8.52. The third kappa shape index (κ3) is 8.37. The van der Waals surface area contributed by atoms with Gasteiger partial charge >= 0.3 is 6.09 Å². The Morgan fingerprint density at radius 1 is 1.05 bits per heavy atom. The van der Waals surface area contributed by atoms with Crippen LogP contribution in [-0.4, -0.2) is 104 Å². The molecule has 3 fully saturated rings.